The van der Waals surface area contributed by atoms with Crippen LogP contribution in [-0.2, 0) is 18.0 Å². The van der Waals surface area contributed by atoms with Crippen LogP contribution < -0.4 is 0 Å². The standard InChI is InChI=1S/C19H28O2/c1-2-3-4-5-6-7-8-9-10-14-21-17-19-13-11-12-18(15-19)16-20/h11-13,15,20H,2-8,14,16-17H2,1H3. The molecule has 1 aromatic rings. The van der Waals surface area contributed by atoms with E-state index < -0.39 is 0 Å². The van der Waals surface area contributed by atoms with Gasteiger partial charge in [-0.05, 0) is 17.5 Å². The monoisotopic (exact) mass is 288 g/mol. The van der Waals surface area contributed by atoms with Crippen LogP contribution in [0.2, 0.25) is 0 Å². The van der Waals surface area contributed by atoms with Gasteiger partial charge in [0.2, 0.25) is 0 Å². The molecule has 0 aliphatic rings. The lowest BCUT2D eigenvalue weighted by Crippen LogP contribution is -1.94. The number of benzene rings is 1. The Kier molecular flexibility index (Phi) is 10.5. The summed E-state index contributed by atoms with van der Waals surface area (Å²) in [7, 11) is 0. The van der Waals surface area contributed by atoms with E-state index in [1.54, 1.807) is 0 Å². The van der Waals surface area contributed by atoms with Crippen LogP contribution in [-0.4, -0.2) is 11.7 Å². The Bertz CT molecular complexity index is 429. The van der Waals surface area contributed by atoms with Crippen LogP contribution in [0.5, 0.6) is 0 Å². The van der Waals surface area contributed by atoms with E-state index in [1.165, 1.54) is 38.5 Å². The lowest BCUT2D eigenvalue weighted by molar-refractivity contribution is 0.153. The molecule has 1 aromatic carbocycles. The van der Waals surface area contributed by atoms with Crippen molar-refractivity contribution in [1.82, 2.24) is 0 Å². The van der Waals surface area contributed by atoms with E-state index in [2.05, 4.69) is 18.8 Å². The first kappa shape index (κ1) is 17.8. The van der Waals surface area contributed by atoms with E-state index in [-0.39, 0.29) is 6.61 Å². The molecule has 0 saturated carbocycles. The van der Waals surface area contributed by atoms with Gasteiger partial charge in [0.05, 0.1) is 13.2 Å². The van der Waals surface area contributed by atoms with Crippen molar-refractivity contribution >= 4 is 0 Å². The van der Waals surface area contributed by atoms with Gasteiger partial charge in [0.1, 0.15) is 6.61 Å². The zero-order chi connectivity index (χ0) is 15.2. The van der Waals surface area contributed by atoms with E-state index >= 15 is 0 Å². The number of unbranched alkanes of at least 4 members (excludes halogenated alkanes) is 6. The number of hydrogen-bond donors (Lipinski definition) is 1. The average Bonchev–Trinajstić information content (AvgIpc) is 2.53. The maximum Gasteiger partial charge on any atom is 0.108 e. The minimum absolute atomic E-state index is 0.0753. The quantitative estimate of drug-likeness (QED) is 0.509. The smallest absolute Gasteiger partial charge is 0.108 e. The SMILES string of the molecule is CCCCCCCCC#CCOCc1cccc(CO)c1. The maximum atomic E-state index is 9.06. The average molecular weight is 288 g/mol. The molecule has 0 amide bonds. The third-order valence-corrected chi connectivity index (χ3v) is 3.40. The fraction of sp³-hybridized carbons (Fsp3) is 0.579. The van der Waals surface area contributed by atoms with Crippen molar-refractivity contribution in [3.05, 3.63) is 35.4 Å². The summed E-state index contributed by atoms with van der Waals surface area (Å²) in [4.78, 5) is 0. The van der Waals surface area contributed by atoms with Crippen molar-refractivity contribution < 1.29 is 9.84 Å². The van der Waals surface area contributed by atoms with Gasteiger partial charge in [-0.15, -0.1) is 5.92 Å². The molecule has 2 heteroatoms. The summed E-state index contributed by atoms with van der Waals surface area (Å²) in [6.45, 7) is 3.36. The first-order chi connectivity index (χ1) is 10.4. The molecule has 0 heterocycles. The van der Waals surface area contributed by atoms with Gasteiger partial charge in [0.15, 0.2) is 0 Å². The number of aliphatic hydroxyl groups excluding tert-OH is 1. The van der Waals surface area contributed by atoms with E-state index in [1.807, 2.05) is 24.3 Å². The highest BCUT2D eigenvalue weighted by Gasteiger charge is 1.94. The van der Waals surface area contributed by atoms with Crippen LogP contribution in [0.15, 0.2) is 24.3 Å². The normalized spacial score (nSPS) is 10.2. The van der Waals surface area contributed by atoms with Crippen molar-refractivity contribution in [3.8, 4) is 11.8 Å². The fourth-order valence-corrected chi connectivity index (χ4v) is 2.17. The van der Waals surface area contributed by atoms with Crippen LogP contribution in [0.25, 0.3) is 0 Å². The molecule has 0 atom stereocenters. The molecule has 0 radical (unpaired) electrons. The largest absolute Gasteiger partial charge is 0.392 e. The number of hydrogen-bond acceptors (Lipinski definition) is 2. The van der Waals surface area contributed by atoms with Crippen LogP contribution in [0.4, 0.5) is 0 Å². The molecule has 0 spiro atoms. The Morgan fingerprint density at radius 2 is 1.76 bits per heavy atom. The molecular formula is C19H28O2. The molecule has 2 nitrogen and oxygen atoms in total. The van der Waals surface area contributed by atoms with Gasteiger partial charge in [0.25, 0.3) is 0 Å². The minimum Gasteiger partial charge on any atom is -0.392 e. The summed E-state index contributed by atoms with van der Waals surface area (Å²) >= 11 is 0. The summed E-state index contributed by atoms with van der Waals surface area (Å²) < 4.78 is 5.52. The Balaban J connectivity index is 2.02. The van der Waals surface area contributed by atoms with Crippen molar-refractivity contribution in [2.75, 3.05) is 6.61 Å². The second-order valence-corrected chi connectivity index (χ2v) is 5.34. The van der Waals surface area contributed by atoms with Crippen LogP contribution in [0, 0.1) is 11.8 Å². The lowest BCUT2D eigenvalue weighted by Gasteiger charge is -2.02. The fourth-order valence-electron chi connectivity index (χ4n) is 2.17. The molecule has 0 aromatic heterocycles. The second-order valence-electron chi connectivity index (χ2n) is 5.34. The summed E-state index contributed by atoms with van der Waals surface area (Å²) in [6.07, 6.45) is 8.84. The number of aliphatic hydroxyl groups is 1. The number of rotatable bonds is 10. The predicted molar refractivity (Wildman–Crippen MR) is 87.8 cm³/mol. The summed E-state index contributed by atoms with van der Waals surface area (Å²) in [6, 6.07) is 7.81. The molecule has 0 fully saturated rings. The zero-order valence-corrected chi connectivity index (χ0v) is 13.2. The summed E-state index contributed by atoms with van der Waals surface area (Å²) in [5.74, 6) is 6.23. The minimum atomic E-state index is 0.0753. The highest BCUT2D eigenvalue weighted by molar-refractivity contribution is 5.22. The Morgan fingerprint density at radius 3 is 2.57 bits per heavy atom. The van der Waals surface area contributed by atoms with Crippen molar-refractivity contribution in [2.24, 2.45) is 0 Å². The molecule has 0 aliphatic carbocycles. The number of ether oxygens (including phenoxy) is 1. The summed E-state index contributed by atoms with van der Waals surface area (Å²) in [5, 5.41) is 9.06. The predicted octanol–water partition coefficient (Wildman–Crippen LogP) is 4.45. The molecular weight excluding hydrogens is 260 g/mol. The van der Waals surface area contributed by atoms with Crippen molar-refractivity contribution in [3.63, 3.8) is 0 Å². The molecule has 1 rings (SSSR count). The van der Waals surface area contributed by atoms with Gasteiger partial charge in [-0.2, -0.15) is 0 Å². The third kappa shape index (κ3) is 9.28. The Labute approximate surface area is 129 Å². The van der Waals surface area contributed by atoms with Crippen LogP contribution in [0.1, 0.15) is 63.0 Å². The molecule has 1 N–H and O–H groups in total. The van der Waals surface area contributed by atoms with Crippen molar-refractivity contribution in [2.45, 2.75) is 65.1 Å². The Hall–Kier alpha value is -1.30. The topological polar surface area (TPSA) is 29.5 Å². The highest BCUT2D eigenvalue weighted by Crippen LogP contribution is 2.07. The van der Waals surface area contributed by atoms with E-state index in [9.17, 15) is 0 Å². The second kappa shape index (κ2) is 12.4. The van der Waals surface area contributed by atoms with Gasteiger partial charge >= 0.3 is 0 Å². The first-order valence-corrected chi connectivity index (χ1v) is 8.09. The molecule has 0 unspecified atom stereocenters. The molecule has 116 valence electrons. The van der Waals surface area contributed by atoms with Crippen LogP contribution >= 0.6 is 0 Å². The molecule has 0 saturated heterocycles. The van der Waals surface area contributed by atoms with Gasteiger partial charge in [0, 0.05) is 6.42 Å². The van der Waals surface area contributed by atoms with E-state index in [4.69, 9.17) is 9.84 Å². The van der Waals surface area contributed by atoms with Gasteiger partial charge in [-0.3, -0.25) is 0 Å². The van der Waals surface area contributed by atoms with Crippen molar-refractivity contribution in [1.29, 1.82) is 0 Å². The van der Waals surface area contributed by atoms with E-state index in [0.29, 0.717) is 13.2 Å². The molecule has 21 heavy (non-hydrogen) atoms. The third-order valence-electron chi connectivity index (χ3n) is 3.40. The van der Waals surface area contributed by atoms with Gasteiger partial charge < -0.3 is 9.84 Å². The highest BCUT2D eigenvalue weighted by atomic mass is 16.5. The molecule has 0 aliphatic heterocycles. The zero-order valence-electron chi connectivity index (χ0n) is 13.2. The molecule has 0 bridgehead atoms. The first-order valence-electron chi connectivity index (χ1n) is 8.09. The Morgan fingerprint density at radius 1 is 1.00 bits per heavy atom. The van der Waals surface area contributed by atoms with Gasteiger partial charge in [-0.25, -0.2) is 0 Å². The van der Waals surface area contributed by atoms with Gasteiger partial charge in [-0.1, -0.05) is 69.2 Å². The van der Waals surface area contributed by atoms with Crippen LogP contribution in [0.3, 0.4) is 0 Å². The summed E-state index contributed by atoms with van der Waals surface area (Å²) in [5.41, 5.74) is 2.00. The lowest BCUT2D eigenvalue weighted by atomic mass is 10.1. The van der Waals surface area contributed by atoms with E-state index in [0.717, 1.165) is 17.5 Å². The maximum absolute atomic E-state index is 9.06.